The van der Waals surface area contributed by atoms with Gasteiger partial charge in [-0.3, -0.25) is 9.59 Å². The van der Waals surface area contributed by atoms with Crippen LogP contribution >= 0.6 is 11.3 Å². The van der Waals surface area contributed by atoms with Crippen molar-refractivity contribution in [3.63, 3.8) is 0 Å². The van der Waals surface area contributed by atoms with Gasteiger partial charge < -0.3 is 14.9 Å². The molecule has 1 aromatic rings. The minimum Gasteiger partial charge on any atom is -0.503 e. The molecule has 1 unspecified atom stereocenters. The van der Waals surface area contributed by atoms with Gasteiger partial charge in [-0.1, -0.05) is 26.3 Å². The molecule has 1 aromatic heterocycles. The molecule has 1 N–H and O–H groups in total. The fraction of sp³-hybridized carbons (Fsp3) is 0.579. The molecule has 6 heteroatoms. The van der Waals surface area contributed by atoms with E-state index >= 15 is 0 Å². The van der Waals surface area contributed by atoms with E-state index in [1.165, 1.54) is 30.6 Å². The van der Waals surface area contributed by atoms with E-state index in [1.54, 1.807) is 18.7 Å². The Morgan fingerprint density at radius 2 is 2.00 bits per heavy atom. The molecule has 136 valence electrons. The first-order valence-electron chi connectivity index (χ1n) is 9.04. The number of thiophene rings is 1. The highest BCUT2D eigenvalue weighted by Crippen LogP contribution is 2.40. The van der Waals surface area contributed by atoms with Crippen LogP contribution < -0.4 is 0 Å². The molecular weight excluding hydrogens is 336 g/mol. The second kappa shape index (κ2) is 7.70. The number of rotatable bonds is 6. The second-order valence-electron chi connectivity index (χ2n) is 7.10. The van der Waals surface area contributed by atoms with E-state index in [0.29, 0.717) is 6.54 Å². The predicted octanol–water partition coefficient (Wildman–Crippen LogP) is 3.15. The van der Waals surface area contributed by atoms with Crippen LogP contribution in [0.15, 0.2) is 28.8 Å². The highest BCUT2D eigenvalue weighted by atomic mass is 32.1. The molecule has 1 atom stereocenters. The average molecular weight is 362 g/mol. The largest absolute Gasteiger partial charge is 0.503 e. The summed E-state index contributed by atoms with van der Waals surface area (Å²) in [6, 6.07) is 3.40. The summed E-state index contributed by atoms with van der Waals surface area (Å²) in [5, 5.41) is 12.4. The minimum absolute atomic E-state index is 0.148. The van der Waals surface area contributed by atoms with Gasteiger partial charge >= 0.3 is 0 Å². The number of aliphatic hydroxyl groups is 1. The zero-order valence-electron chi connectivity index (χ0n) is 14.9. The van der Waals surface area contributed by atoms with Crippen molar-refractivity contribution in [3.05, 3.63) is 33.7 Å². The van der Waals surface area contributed by atoms with Crippen LogP contribution in [0.2, 0.25) is 0 Å². The molecule has 25 heavy (non-hydrogen) atoms. The fourth-order valence-electron chi connectivity index (χ4n) is 3.62. The van der Waals surface area contributed by atoms with Crippen LogP contribution in [0, 0.1) is 5.92 Å². The van der Waals surface area contributed by atoms with Gasteiger partial charge in [-0.05, 0) is 37.4 Å². The zero-order valence-corrected chi connectivity index (χ0v) is 15.7. The maximum atomic E-state index is 12.7. The lowest BCUT2D eigenvalue weighted by Gasteiger charge is -2.31. The summed E-state index contributed by atoms with van der Waals surface area (Å²) < 4.78 is 0. The second-order valence-corrected chi connectivity index (χ2v) is 8.08. The van der Waals surface area contributed by atoms with Crippen molar-refractivity contribution in [1.29, 1.82) is 0 Å². The topological polar surface area (TPSA) is 60.9 Å². The van der Waals surface area contributed by atoms with Gasteiger partial charge in [-0.2, -0.15) is 0 Å². The first kappa shape index (κ1) is 18.1. The monoisotopic (exact) mass is 362 g/mol. The van der Waals surface area contributed by atoms with Crippen LogP contribution in [0.3, 0.4) is 0 Å². The summed E-state index contributed by atoms with van der Waals surface area (Å²) in [7, 11) is 0. The maximum Gasteiger partial charge on any atom is 0.290 e. The Morgan fingerprint density at radius 3 is 2.60 bits per heavy atom. The number of amides is 1. The Hall–Kier alpha value is -1.66. The molecule has 1 amide bonds. The molecular formula is C19H26N2O3S. The molecule has 3 rings (SSSR count). The van der Waals surface area contributed by atoms with E-state index in [0.717, 1.165) is 24.5 Å². The van der Waals surface area contributed by atoms with Gasteiger partial charge in [0.2, 0.25) is 0 Å². The van der Waals surface area contributed by atoms with Crippen LogP contribution in [-0.2, 0) is 9.59 Å². The summed E-state index contributed by atoms with van der Waals surface area (Å²) in [5.74, 6) is -1.19. The first-order chi connectivity index (χ1) is 12.0. The van der Waals surface area contributed by atoms with Gasteiger partial charge in [0.1, 0.15) is 0 Å². The smallest absolute Gasteiger partial charge is 0.290 e. The van der Waals surface area contributed by atoms with E-state index in [1.807, 2.05) is 17.5 Å². The quantitative estimate of drug-likeness (QED) is 0.844. The number of likely N-dealkylation sites (tertiary alicyclic amines) is 1. The molecule has 2 aliphatic heterocycles. The number of piperidine rings is 1. The fourth-order valence-corrected chi connectivity index (χ4v) is 4.47. The molecule has 0 aromatic carbocycles. The number of hydrogen-bond donors (Lipinski definition) is 1. The number of nitrogens with zero attached hydrogens (tertiary/aromatic N) is 2. The van der Waals surface area contributed by atoms with Crippen molar-refractivity contribution in [2.75, 3.05) is 26.2 Å². The van der Waals surface area contributed by atoms with Crippen LogP contribution in [0.5, 0.6) is 0 Å². The molecule has 0 spiro atoms. The third kappa shape index (κ3) is 3.65. The van der Waals surface area contributed by atoms with Gasteiger partial charge in [0.25, 0.3) is 5.91 Å². The van der Waals surface area contributed by atoms with Gasteiger partial charge in [-0.15, -0.1) is 11.3 Å². The molecule has 2 aliphatic rings. The summed E-state index contributed by atoms with van der Waals surface area (Å²) in [4.78, 5) is 30.3. The molecule has 1 fully saturated rings. The Balaban J connectivity index is 1.84. The average Bonchev–Trinajstić information content (AvgIpc) is 3.21. The lowest BCUT2D eigenvalue weighted by atomic mass is 9.95. The normalized spacial score (nSPS) is 22.3. The molecule has 5 nitrogen and oxygen atoms in total. The molecule has 0 radical (unpaired) electrons. The lowest BCUT2D eigenvalue weighted by Crippen LogP contribution is -2.40. The van der Waals surface area contributed by atoms with Gasteiger partial charge in [0.05, 0.1) is 11.6 Å². The Kier molecular flexibility index (Phi) is 5.59. The minimum atomic E-state index is -0.452. The summed E-state index contributed by atoms with van der Waals surface area (Å²) in [5.41, 5.74) is 0.265. The Labute approximate surface area is 152 Å². The Bertz CT molecular complexity index is 660. The van der Waals surface area contributed by atoms with Crippen molar-refractivity contribution >= 4 is 23.0 Å². The van der Waals surface area contributed by atoms with Crippen LogP contribution in [0.1, 0.15) is 44.0 Å². The van der Waals surface area contributed by atoms with E-state index in [-0.39, 0.29) is 23.0 Å². The number of Topliss-reactive ketones (excluding diaryl/α,β-unsaturated/α-hetero) is 1. The van der Waals surface area contributed by atoms with Gasteiger partial charge in [0.15, 0.2) is 11.5 Å². The molecule has 1 saturated heterocycles. The van der Waals surface area contributed by atoms with Crippen molar-refractivity contribution in [2.45, 2.75) is 39.2 Å². The number of hydrogen-bond acceptors (Lipinski definition) is 5. The third-order valence-electron chi connectivity index (χ3n) is 5.01. The first-order valence-corrected chi connectivity index (χ1v) is 9.92. The van der Waals surface area contributed by atoms with Gasteiger partial charge in [0, 0.05) is 23.9 Å². The zero-order chi connectivity index (χ0) is 18.0. The Morgan fingerprint density at radius 1 is 1.28 bits per heavy atom. The molecule has 0 aliphatic carbocycles. The highest BCUT2D eigenvalue weighted by Gasteiger charge is 2.44. The van der Waals surface area contributed by atoms with Crippen molar-refractivity contribution in [3.8, 4) is 0 Å². The number of aliphatic hydroxyl groups excluding tert-OH is 1. The van der Waals surface area contributed by atoms with Crippen molar-refractivity contribution in [2.24, 2.45) is 5.92 Å². The number of carbonyl (C=O) groups excluding carboxylic acids is 2. The van der Waals surface area contributed by atoms with Crippen LogP contribution in [-0.4, -0.2) is 52.8 Å². The van der Waals surface area contributed by atoms with Crippen molar-refractivity contribution in [1.82, 2.24) is 9.80 Å². The molecule has 0 saturated carbocycles. The van der Waals surface area contributed by atoms with Crippen LogP contribution in [0.25, 0.3) is 0 Å². The molecule has 3 heterocycles. The van der Waals surface area contributed by atoms with E-state index in [2.05, 4.69) is 4.90 Å². The third-order valence-corrected chi connectivity index (χ3v) is 5.94. The summed E-state index contributed by atoms with van der Waals surface area (Å²) >= 11 is 1.52. The van der Waals surface area contributed by atoms with Crippen molar-refractivity contribution < 1.29 is 14.7 Å². The molecule has 0 bridgehead atoms. The van der Waals surface area contributed by atoms with Crippen LogP contribution in [0.4, 0.5) is 0 Å². The summed E-state index contributed by atoms with van der Waals surface area (Å²) in [6.45, 7) is 7.03. The summed E-state index contributed by atoms with van der Waals surface area (Å²) in [6.07, 6.45) is 3.66. The standard InChI is InChI=1S/C19H26N2O3S/c1-13(2)17(22)15-16(14-7-6-12-25-14)21(19(24)18(15)23)11-10-20-8-4-3-5-9-20/h6-7,12-13,16,23H,3-5,8-11H2,1-2H3. The SMILES string of the molecule is CC(C)C(=O)C1=C(O)C(=O)N(CCN2CCCCC2)C1c1cccs1. The number of ketones is 1. The lowest BCUT2D eigenvalue weighted by molar-refractivity contribution is -0.129. The number of carbonyl (C=O) groups is 2. The highest BCUT2D eigenvalue weighted by molar-refractivity contribution is 7.10. The maximum absolute atomic E-state index is 12.7. The van der Waals surface area contributed by atoms with E-state index in [9.17, 15) is 14.7 Å². The van der Waals surface area contributed by atoms with E-state index in [4.69, 9.17) is 0 Å². The van der Waals surface area contributed by atoms with Gasteiger partial charge in [-0.25, -0.2) is 0 Å². The van der Waals surface area contributed by atoms with E-state index < -0.39 is 11.9 Å². The predicted molar refractivity (Wildman–Crippen MR) is 98.6 cm³/mol.